The van der Waals surface area contributed by atoms with Gasteiger partial charge in [-0.05, 0) is 56.9 Å². The van der Waals surface area contributed by atoms with Crippen molar-refractivity contribution in [2.45, 2.75) is 12.5 Å². The van der Waals surface area contributed by atoms with E-state index < -0.39 is 28.4 Å². The van der Waals surface area contributed by atoms with Crippen molar-refractivity contribution in [1.29, 1.82) is 0 Å². The Morgan fingerprint density at radius 1 is 1.28 bits per heavy atom. The second kappa shape index (κ2) is 8.27. The number of furan rings is 1. The van der Waals surface area contributed by atoms with Gasteiger partial charge in [-0.1, -0.05) is 0 Å². The van der Waals surface area contributed by atoms with Gasteiger partial charge in [0.25, 0.3) is 11.6 Å². The van der Waals surface area contributed by atoms with Crippen molar-refractivity contribution >= 4 is 17.4 Å². The fourth-order valence-electron chi connectivity index (χ4n) is 3.34. The van der Waals surface area contributed by atoms with Gasteiger partial charge in [-0.15, -0.1) is 0 Å². The van der Waals surface area contributed by atoms with Crippen LogP contribution in [0.25, 0.3) is 0 Å². The standard InChI is InChI=1S/C20H21N3O6/c1-21(2)10-4-11-22-17(13-6-8-14(9-7-13)23(27)28)16(19(25)20(22)26)18(24)15-5-3-12-29-15/h3,5-9,12,17,25H,4,10-11H2,1-2H3/t17-/m1/s1. The molecule has 29 heavy (non-hydrogen) atoms. The minimum atomic E-state index is -0.858. The van der Waals surface area contributed by atoms with E-state index in [1.54, 1.807) is 0 Å². The zero-order valence-electron chi connectivity index (χ0n) is 16.1. The van der Waals surface area contributed by atoms with Crippen molar-refractivity contribution < 1.29 is 24.0 Å². The number of hydrogen-bond acceptors (Lipinski definition) is 7. The van der Waals surface area contributed by atoms with E-state index >= 15 is 0 Å². The van der Waals surface area contributed by atoms with E-state index in [1.165, 1.54) is 47.6 Å². The lowest BCUT2D eigenvalue weighted by Gasteiger charge is -2.27. The normalized spacial score (nSPS) is 16.7. The molecule has 1 aromatic heterocycles. The summed E-state index contributed by atoms with van der Waals surface area (Å²) in [5.74, 6) is -1.87. The Labute approximate surface area is 167 Å². The first kappa shape index (κ1) is 20.3. The van der Waals surface area contributed by atoms with Crippen LogP contribution in [0.1, 0.15) is 28.6 Å². The van der Waals surface area contributed by atoms with Gasteiger partial charge in [-0.3, -0.25) is 19.7 Å². The monoisotopic (exact) mass is 399 g/mol. The van der Waals surface area contributed by atoms with Crippen molar-refractivity contribution in [3.8, 4) is 0 Å². The number of non-ortho nitro benzene ring substituents is 1. The summed E-state index contributed by atoms with van der Waals surface area (Å²) >= 11 is 0. The molecule has 1 aliphatic heterocycles. The summed E-state index contributed by atoms with van der Waals surface area (Å²) in [5, 5.41) is 21.4. The number of carbonyl (C=O) groups excluding carboxylic acids is 2. The Bertz CT molecular complexity index is 947. The number of hydrogen-bond donors (Lipinski definition) is 1. The molecule has 1 N–H and O–H groups in total. The maximum absolute atomic E-state index is 12.9. The third-order valence-electron chi connectivity index (χ3n) is 4.72. The van der Waals surface area contributed by atoms with Gasteiger partial charge in [0.05, 0.1) is 22.8 Å². The van der Waals surface area contributed by atoms with E-state index in [4.69, 9.17) is 4.42 Å². The predicted molar refractivity (Wildman–Crippen MR) is 103 cm³/mol. The maximum Gasteiger partial charge on any atom is 0.290 e. The molecule has 0 fully saturated rings. The van der Waals surface area contributed by atoms with Crippen LogP contribution in [0.4, 0.5) is 5.69 Å². The Kier molecular flexibility index (Phi) is 5.79. The molecule has 0 bridgehead atoms. The van der Waals surface area contributed by atoms with Crippen LogP contribution in [0.2, 0.25) is 0 Å². The van der Waals surface area contributed by atoms with Gasteiger partial charge in [0.1, 0.15) is 0 Å². The van der Waals surface area contributed by atoms with Crippen LogP contribution in [0.3, 0.4) is 0 Å². The van der Waals surface area contributed by atoms with Crippen LogP contribution in [0.15, 0.2) is 58.4 Å². The molecule has 2 heterocycles. The number of aliphatic hydroxyl groups excluding tert-OH is 1. The van der Waals surface area contributed by atoms with Gasteiger partial charge in [-0.2, -0.15) is 0 Å². The molecule has 152 valence electrons. The van der Waals surface area contributed by atoms with Crippen molar-refractivity contribution in [2.75, 3.05) is 27.2 Å². The number of nitrogens with zero attached hydrogens (tertiary/aromatic N) is 3. The molecular weight excluding hydrogens is 378 g/mol. The zero-order chi connectivity index (χ0) is 21.1. The molecule has 9 nitrogen and oxygen atoms in total. The van der Waals surface area contributed by atoms with Crippen molar-refractivity contribution in [2.24, 2.45) is 0 Å². The van der Waals surface area contributed by atoms with Crippen LogP contribution in [0, 0.1) is 10.1 Å². The lowest BCUT2D eigenvalue weighted by molar-refractivity contribution is -0.384. The lowest BCUT2D eigenvalue weighted by atomic mass is 9.95. The molecule has 0 aliphatic carbocycles. The minimum absolute atomic E-state index is 0.00130. The van der Waals surface area contributed by atoms with Gasteiger partial charge in [0, 0.05) is 18.7 Å². The Hall–Kier alpha value is -3.46. The molecule has 2 aromatic rings. The molecule has 9 heteroatoms. The average Bonchev–Trinajstić information content (AvgIpc) is 3.30. The van der Waals surface area contributed by atoms with Crippen molar-refractivity contribution in [3.05, 3.63) is 75.4 Å². The average molecular weight is 399 g/mol. The van der Waals surface area contributed by atoms with E-state index in [0.29, 0.717) is 25.1 Å². The van der Waals surface area contributed by atoms with E-state index in [1.807, 2.05) is 19.0 Å². The van der Waals surface area contributed by atoms with Crippen LogP contribution < -0.4 is 0 Å². The summed E-state index contributed by atoms with van der Waals surface area (Å²) in [6, 6.07) is 7.73. The number of rotatable bonds is 8. The number of nitro benzene ring substituents is 1. The molecule has 3 rings (SSSR count). The topological polar surface area (TPSA) is 117 Å². The quantitative estimate of drug-likeness (QED) is 0.412. The first-order chi connectivity index (χ1) is 13.8. The second-order valence-corrected chi connectivity index (χ2v) is 6.98. The molecule has 0 saturated carbocycles. The van der Waals surface area contributed by atoms with Gasteiger partial charge in [0.2, 0.25) is 5.78 Å². The Balaban J connectivity index is 2.00. The van der Waals surface area contributed by atoms with Gasteiger partial charge in [0.15, 0.2) is 11.5 Å². The second-order valence-electron chi connectivity index (χ2n) is 6.98. The molecule has 0 unspecified atom stereocenters. The highest BCUT2D eigenvalue weighted by Crippen LogP contribution is 2.39. The van der Waals surface area contributed by atoms with E-state index in [9.17, 15) is 24.8 Å². The molecule has 1 amide bonds. The van der Waals surface area contributed by atoms with E-state index in [-0.39, 0.29) is 17.0 Å². The summed E-state index contributed by atoms with van der Waals surface area (Å²) in [4.78, 5) is 39.5. The van der Waals surface area contributed by atoms with Crippen LogP contribution in [0.5, 0.6) is 0 Å². The molecule has 1 aliphatic rings. The number of amides is 1. The van der Waals surface area contributed by atoms with Gasteiger partial charge >= 0.3 is 0 Å². The van der Waals surface area contributed by atoms with Crippen molar-refractivity contribution in [1.82, 2.24) is 9.80 Å². The number of ketones is 1. The number of nitro groups is 1. The van der Waals surface area contributed by atoms with Crippen LogP contribution in [-0.2, 0) is 4.79 Å². The smallest absolute Gasteiger partial charge is 0.290 e. The van der Waals surface area contributed by atoms with Crippen LogP contribution in [-0.4, -0.2) is 58.7 Å². The Morgan fingerprint density at radius 3 is 2.52 bits per heavy atom. The summed E-state index contributed by atoms with van der Waals surface area (Å²) in [5.41, 5.74) is 0.292. The summed E-state index contributed by atoms with van der Waals surface area (Å²) < 4.78 is 5.15. The van der Waals surface area contributed by atoms with E-state index in [0.717, 1.165) is 0 Å². The van der Waals surface area contributed by atoms with Gasteiger partial charge < -0.3 is 19.3 Å². The highest BCUT2D eigenvalue weighted by molar-refractivity contribution is 6.15. The fraction of sp³-hybridized carbons (Fsp3) is 0.300. The summed E-state index contributed by atoms with van der Waals surface area (Å²) in [6.07, 6.45) is 1.95. The molecule has 1 atom stereocenters. The maximum atomic E-state index is 12.9. The third-order valence-corrected chi connectivity index (χ3v) is 4.72. The highest BCUT2D eigenvalue weighted by atomic mass is 16.6. The van der Waals surface area contributed by atoms with Crippen LogP contribution >= 0.6 is 0 Å². The minimum Gasteiger partial charge on any atom is -0.503 e. The largest absolute Gasteiger partial charge is 0.503 e. The summed E-state index contributed by atoms with van der Waals surface area (Å²) in [7, 11) is 3.81. The first-order valence-corrected chi connectivity index (χ1v) is 9.02. The van der Waals surface area contributed by atoms with E-state index in [2.05, 4.69) is 0 Å². The zero-order valence-corrected chi connectivity index (χ0v) is 16.1. The first-order valence-electron chi connectivity index (χ1n) is 9.02. The number of benzene rings is 1. The highest BCUT2D eigenvalue weighted by Gasteiger charge is 2.44. The van der Waals surface area contributed by atoms with Crippen molar-refractivity contribution in [3.63, 3.8) is 0 Å². The van der Waals surface area contributed by atoms with Gasteiger partial charge in [-0.25, -0.2) is 0 Å². The summed E-state index contributed by atoms with van der Waals surface area (Å²) in [6.45, 7) is 1.01. The molecule has 0 radical (unpaired) electrons. The number of carbonyl (C=O) groups is 2. The molecule has 0 saturated heterocycles. The predicted octanol–water partition coefficient (Wildman–Crippen LogP) is 2.72. The fourth-order valence-corrected chi connectivity index (χ4v) is 3.34. The number of aliphatic hydroxyl groups is 1. The molecule has 1 aromatic carbocycles. The third kappa shape index (κ3) is 4.04. The SMILES string of the molecule is CN(C)CCCN1C(=O)C(O)=C(C(=O)c2ccco2)[C@H]1c1ccc([N+](=O)[O-])cc1. The Morgan fingerprint density at radius 2 is 1.97 bits per heavy atom. The molecular formula is C20H21N3O6. The lowest BCUT2D eigenvalue weighted by Crippen LogP contribution is -2.33. The molecule has 0 spiro atoms. The number of Topliss-reactive ketones (excluding diaryl/α,β-unsaturated/α-hetero) is 1.